The predicted octanol–water partition coefficient (Wildman–Crippen LogP) is 2.68. The molecule has 1 unspecified atom stereocenters. The maximum Gasteiger partial charge on any atom is 0.159 e. The van der Waals surface area contributed by atoms with E-state index in [1.165, 1.54) is 37.8 Å². The van der Waals surface area contributed by atoms with Crippen molar-refractivity contribution in [2.24, 2.45) is 0 Å². The maximum absolute atomic E-state index is 13.2. The highest BCUT2D eigenvalue weighted by molar-refractivity contribution is 5.17. The van der Waals surface area contributed by atoms with Gasteiger partial charge in [-0.05, 0) is 49.9 Å². The van der Waals surface area contributed by atoms with Gasteiger partial charge in [-0.2, -0.15) is 0 Å². The fourth-order valence-corrected chi connectivity index (χ4v) is 2.81. The Bertz CT molecular complexity index is 446. The van der Waals surface area contributed by atoms with E-state index in [4.69, 9.17) is 0 Å². The third-order valence-electron chi connectivity index (χ3n) is 3.94. The molecule has 3 rings (SSSR count). The largest absolute Gasteiger partial charge is 0.310 e. The van der Waals surface area contributed by atoms with Crippen LogP contribution in [0.2, 0.25) is 0 Å². The molecule has 19 heavy (non-hydrogen) atoms. The Morgan fingerprint density at radius 1 is 1.11 bits per heavy atom. The lowest BCUT2D eigenvalue weighted by molar-refractivity contribution is 0.182. The Morgan fingerprint density at radius 2 is 1.95 bits per heavy atom. The molecule has 0 spiro atoms. The number of likely N-dealkylation sites (tertiary alicyclic amines) is 1. The van der Waals surface area contributed by atoms with Crippen molar-refractivity contribution in [2.45, 2.75) is 44.3 Å². The Labute approximate surface area is 112 Å². The summed E-state index contributed by atoms with van der Waals surface area (Å²) in [6.45, 7) is 2.76. The van der Waals surface area contributed by atoms with E-state index in [1.807, 2.05) is 0 Å². The first-order chi connectivity index (χ1) is 9.20. The molecule has 1 aromatic carbocycles. The SMILES string of the molecule is Fc1ccc(CN2CCCC(NC3CC3)C2)cc1F. The second-order valence-corrected chi connectivity index (χ2v) is 5.76. The van der Waals surface area contributed by atoms with E-state index in [0.29, 0.717) is 12.6 Å². The van der Waals surface area contributed by atoms with Crippen LogP contribution >= 0.6 is 0 Å². The Balaban J connectivity index is 1.57. The summed E-state index contributed by atoms with van der Waals surface area (Å²) >= 11 is 0. The van der Waals surface area contributed by atoms with Crippen LogP contribution in [-0.4, -0.2) is 30.1 Å². The zero-order valence-electron chi connectivity index (χ0n) is 11.0. The van der Waals surface area contributed by atoms with Crippen molar-refractivity contribution in [3.05, 3.63) is 35.4 Å². The molecule has 1 saturated heterocycles. The number of hydrogen-bond acceptors (Lipinski definition) is 2. The van der Waals surface area contributed by atoms with Gasteiger partial charge in [0.05, 0.1) is 0 Å². The van der Waals surface area contributed by atoms with Crippen molar-refractivity contribution in [3.63, 3.8) is 0 Å². The molecule has 1 N–H and O–H groups in total. The van der Waals surface area contributed by atoms with Gasteiger partial charge in [-0.15, -0.1) is 0 Å². The fraction of sp³-hybridized carbons (Fsp3) is 0.600. The number of benzene rings is 1. The molecule has 0 amide bonds. The highest BCUT2D eigenvalue weighted by Crippen LogP contribution is 2.22. The molecule has 104 valence electrons. The maximum atomic E-state index is 13.2. The van der Waals surface area contributed by atoms with Crippen LogP contribution in [0.3, 0.4) is 0 Å². The minimum atomic E-state index is -0.768. The molecule has 1 aromatic rings. The summed E-state index contributed by atoms with van der Waals surface area (Å²) in [5, 5.41) is 3.65. The molecular weight excluding hydrogens is 246 g/mol. The minimum Gasteiger partial charge on any atom is -0.310 e. The van der Waals surface area contributed by atoms with E-state index in [9.17, 15) is 8.78 Å². The molecule has 0 radical (unpaired) electrons. The summed E-state index contributed by atoms with van der Waals surface area (Å²) in [4.78, 5) is 2.33. The topological polar surface area (TPSA) is 15.3 Å². The van der Waals surface area contributed by atoms with Crippen LogP contribution in [0.1, 0.15) is 31.2 Å². The van der Waals surface area contributed by atoms with Crippen LogP contribution in [0.4, 0.5) is 8.78 Å². The van der Waals surface area contributed by atoms with Gasteiger partial charge in [0, 0.05) is 25.2 Å². The molecule has 1 aliphatic carbocycles. The molecule has 2 aliphatic rings. The van der Waals surface area contributed by atoms with Crippen LogP contribution < -0.4 is 5.32 Å². The van der Waals surface area contributed by atoms with Crippen LogP contribution in [0, 0.1) is 11.6 Å². The first-order valence-corrected chi connectivity index (χ1v) is 7.13. The van der Waals surface area contributed by atoms with Gasteiger partial charge in [0.1, 0.15) is 0 Å². The summed E-state index contributed by atoms with van der Waals surface area (Å²) in [7, 11) is 0. The number of rotatable bonds is 4. The summed E-state index contributed by atoms with van der Waals surface area (Å²) in [6.07, 6.45) is 5.01. The van der Waals surface area contributed by atoms with E-state index in [2.05, 4.69) is 10.2 Å². The second-order valence-electron chi connectivity index (χ2n) is 5.76. The molecule has 0 aromatic heterocycles. The van der Waals surface area contributed by atoms with Crippen molar-refractivity contribution in [1.82, 2.24) is 10.2 Å². The normalized spacial score (nSPS) is 24.6. The lowest BCUT2D eigenvalue weighted by atomic mass is 10.0. The Kier molecular flexibility index (Phi) is 3.80. The lowest BCUT2D eigenvalue weighted by Gasteiger charge is -2.33. The molecule has 4 heteroatoms. The van der Waals surface area contributed by atoms with Crippen LogP contribution in [-0.2, 0) is 6.54 Å². The first kappa shape index (κ1) is 13.0. The molecule has 1 heterocycles. The highest BCUT2D eigenvalue weighted by Gasteiger charge is 2.27. The molecular formula is C15H20F2N2. The summed E-state index contributed by atoms with van der Waals surface area (Å²) in [5.41, 5.74) is 0.853. The van der Waals surface area contributed by atoms with Gasteiger partial charge in [-0.1, -0.05) is 6.07 Å². The summed E-state index contributed by atoms with van der Waals surface area (Å²) in [6, 6.07) is 5.50. The third kappa shape index (κ3) is 3.51. The summed E-state index contributed by atoms with van der Waals surface area (Å²) < 4.78 is 26.1. The van der Waals surface area contributed by atoms with E-state index in [-0.39, 0.29) is 0 Å². The summed E-state index contributed by atoms with van der Waals surface area (Å²) in [5.74, 6) is -1.52. The van der Waals surface area contributed by atoms with Gasteiger partial charge >= 0.3 is 0 Å². The molecule has 1 saturated carbocycles. The van der Waals surface area contributed by atoms with Crippen molar-refractivity contribution >= 4 is 0 Å². The quantitative estimate of drug-likeness (QED) is 0.901. The van der Waals surface area contributed by atoms with E-state index >= 15 is 0 Å². The monoisotopic (exact) mass is 266 g/mol. The smallest absolute Gasteiger partial charge is 0.159 e. The van der Waals surface area contributed by atoms with E-state index in [1.54, 1.807) is 6.07 Å². The molecule has 1 aliphatic heterocycles. The number of halogens is 2. The average Bonchev–Trinajstić information content (AvgIpc) is 3.18. The Hall–Kier alpha value is -1.00. The lowest BCUT2D eigenvalue weighted by Crippen LogP contribution is -2.46. The minimum absolute atomic E-state index is 0.562. The van der Waals surface area contributed by atoms with Gasteiger partial charge in [0.2, 0.25) is 0 Å². The van der Waals surface area contributed by atoms with Gasteiger partial charge in [-0.3, -0.25) is 4.90 Å². The van der Waals surface area contributed by atoms with E-state index in [0.717, 1.165) is 24.7 Å². The van der Waals surface area contributed by atoms with Crippen molar-refractivity contribution in [3.8, 4) is 0 Å². The Morgan fingerprint density at radius 3 is 2.68 bits per heavy atom. The van der Waals surface area contributed by atoms with Gasteiger partial charge < -0.3 is 5.32 Å². The number of nitrogens with one attached hydrogen (secondary N) is 1. The van der Waals surface area contributed by atoms with Crippen LogP contribution in [0.15, 0.2) is 18.2 Å². The molecule has 2 fully saturated rings. The number of piperidine rings is 1. The van der Waals surface area contributed by atoms with Gasteiger partial charge in [-0.25, -0.2) is 8.78 Å². The standard InChI is InChI=1S/C15H20F2N2/c16-14-6-3-11(8-15(14)17)9-19-7-1-2-13(10-19)18-12-4-5-12/h3,6,8,12-13,18H,1-2,4-5,7,9-10H2. The number of nitrogens with zero attached hydrogens (tertiary/aromatic N) is 1. The number of hydrogen-bond donors (Lipinski definition) is 1. The zero-order chi connectivity index (χ0) is 13.2. The molecule has 1 atom stereocenters. The zero-order valence-corrected chi connectivity index (χ0v) is 11.0. The van der Waals surface area contributed by atoms with Crippen molar-refractivity contribution in [1.29, 1.82) is 0 Å². The van der Waals surface area contributed by atoms with Gasteiger partial charge in [0.25, 0.3) is 0 Å². The van der Waals surface area contributed by atoms with Crippen LogP contribution in [0.5, 0.6) is 0 Å². The second kappa shape index (κ2) is 5.55. The third-order valence-corrected chi connectivity index (χ3v) is 3.94. The first-order valence-electron chi connectivity index (χ1n) is 7.13. The van der Waals surface area contributed by atoms with Gasteiger partial charge in [0.15, 0.2) is 11.6 Å². The van der Waals surface area contributed by atoms with Crippen LogP contribution in [0.25, 0.3) is 0 Å². The molecule has 0 bridgehead atoms. The highest BCUT2D eigenvalue weighted by atomic mass is 19.2. The average molecular weight is 266 g/mol. The fourth-order valence-electron chi connectivity index (χ4n) is 2.81. The molecule has 2 nitrogen and oxygen atoms in total. The van der Waals surface area contributed by atoms with Crippen molar-refractivity contribution in [2.75, 3.05) is 13.1 Å². The van der Waals surface area contributed by atoms with E-state index < -0.39 is 11.6 Å². The van der Waals surface area contributed by atoms with Crippen molar-refractivity contribution < 1.29 is 8.78 Å². The predicted molar refractivity (Wildman–Crippen MR) is 70.8 cm³/mol.